The number of nitrogens with one attached hydrogen (secondary N) is 1. The van der Waals surface area contributed by atoms with Gasteiger partial charge < -0.3 is 15.0 Å². The summed E-state index contributed by atoms with van der Waals surface area (Å²) in [6.45, 7) is 0.125. The van der Waals surface area contributed by atoms with Crippen LogP contribution in [0.3, 0.4) is 0 Å². The molecule has 0 saturated carbocycles. The number of carbonyl (C=O) groups is 3. The maximum Gasteiger partial charge on any atom is 0.338 e. The molecule has 2 aliphatic heterocycles. The minimum atomic E-state index is -0.505. The van der Waals surface area contributed by atoms with Crippen LogP contribution in [0.5, 0.6) is 0 Å². The van der Waals surface area contributed by atoms with Gasteiger partial charge in [-0.15, -0.1) is 23.1 Å². The Hall–Kier alpha value is -2.65. The second-order valence-electron chi connectivity index (χ2n) is 6.35. The maximum absolute atomic E-state index is 12.4. The van der Waals surface area contributed by atoms with E-state index < -0.39 is 12.0 Å². The monoisotopic (exact) mass is 415 g/mol. The summed E-state index contributed by atoms with van der Waals surface area (Å²) in [6, 6.07) is 6.47. The first-order valence-electron chi connectivity index (χ1n) is 8.64. The summed E-state index contributed by atoms with van der Waals surface area (Å²) in [5, 5.41) is 4.63. The minimum Gasteiger partial charge on any atom is -0.457 e. The molecule has 2 aliphatic rings. The molecule has 2 atom stereocenters. The number of pyridine rings is 1. The van der Waals surface area contributed by atoms with Crippen molar-refractivity contribution in [3.05, 3.63) is 64.3 Å². The molecule has 0 aromatic carbocycles. The van der Waals surface area contributed by atoms with Gasteiger partial charge >= 0.3 is 5.97 Å². The molecule has 7 nitrogen and oxygen atoms in total. The molecule has 2 aromatic rings. The number of esters is 1. The smallest absolute Gasteiger partial charge is 0.338 e. The lowest BCUT2D eigenvalue weighted by atomic mass is 10.1. The van der Waals surface area contributed by atoms with Gasteiger partial charge in [-0.1, -0.05) is 6.07 Å². The highest BCUT2D eigenvalue weighted by Gasteiger charge is 2.49. The summed E-state index contributed by atoms with van der Waals surface area (Å²) in [6.07, 6.45) is 5.07. The summed E-state index contributed by atoms with van der Waals surface area (Å²) < 4.78 is 5.31. The van der Waals surface area contributed by atoms with E-state index >= 15 is 0 Å². The van der Waals surface area contributed by atoms with E-state index in [0.29, 0.717) is 11.3 Å². The second kappa shape index (κ2) is 8.15. The number of rotatable bonds is 6. The highest BCUT2D eigenvalue weighted by atomic mass is 32.2. The number of aromatic nitrogens is 1. The van der Waals surface area contributed by atoms with E-state index in [1.807, 2.05) is 17.5 Å². The highest BCUT2D eigenvalue weighted by molar-refractivity contribution is 8.00. The number of hydrogen-bond acceptors (Lipinski definition) is 7. The van der Waals surface area contributed by atoms with Gasteiger partial charge in [0.25, 0.3) is 5.91 Å². The first-order chi connectivity index (χ1) is 13.6. The third kappa shape index (κ3) is 3.95. The summed E-state index contributed by atoms with van der Waals surface area (Å²) in [7, 11) is 0. The third-order valence-corrected chi connectivity index (χ3v) is 6.63. The molecule has 4 rings (SSSR count). The lowest BCUT2D eigenvalue weighted by Gasteiger charge is -2.47. The van der Waals surface area contributed by atoms with Crippen molar-refractivity contribution in [1.29, 1.82) is 0 Å². The Morgan fingerprint density at radius 1 is 1.29 bits per heavy atom. The number of ether oxygens (including phenoxy) is 1. The lowest BCUT2D eigenvalue weighted by Crippen LogP contribution is -2.68. The van der Waals surface area contributed by atoms with Crippen molar-refractivity contribution in [2.75, 3.05) is 12.4 Å². The van der Waals surface area contributed by atoms with Crippen molar-refractivity contribution in [1.82, 2.24) is 15.2 Å². The molecule has 2 aromatic heterocycles. The summed E-state index contributed by atoms with van der Waals surface area (Å²) in [5.41, 5.74) is 1.28. The zero-order chi connectivity index (χ0) is 19.5. The zero-order valence-corrected chi connectivity index (χ0v) is 16.4. The lowest BCUT2D eigenvalue weighted by molar-refractivity contribution is -0.144. The average Bonchev–Trinajstić information content (AvgIpc) is 3.23. The van der Waals surface area contributed by atoms with Gasteiger partial charge in [0.2, 0.25) is 5.91 Å². The normalized spacial score (nSPS) is 20.6. The van der Waals surface area contributed by atoms with Crippen molar-refractivity contribution < 1.29 is 19.1 Å². The van der Waals surface area contributed by atoms with Crippen molar-refractivity contribution in [3.63, 3.8) is 0 Å². The molecule has 9 heteroatoms. The Kier molecular flexibility index (Phi) is 5.45. The molecule has 0 aliphatic carbocycles. The molecule has 0 spiro atoms. The zero-order valence-electron chi connectivity index (χ0n) is 14.7. The van der Waals surface area contributed by atoms with E-state index in [1.165, 1.54) is 23.7 Å². The molecule has 1 unspecified atom stereocenters. The Bertz CT molecular complexity index is 915. The number of nitrogens with zero attached hydrogens (tertiary/aromatic N) is 2. The molecular formula is C19H17N3O4S2. The number of fused-ring (bicyclic) bond motifs is 1. The molecule has 144 valence electrons. The van der Waals surface area contributed by atoms with Crippen LogP contribution < -0.4 is 5.32 Å². The minimum absolute atomic E-state index is 0.112. The molecule has 4 heterocycles. The van der Waals surface area contributed by atoms with Crippen LogP contribution in [0.15, 0.2) is 53.8 Å². The van der Waals surface area contributed by atoms with Crippen LogP contribution >= 0.6 is 23.1 Å². The summed E-state index contributed by atoms with van der Waals surface area (Å²) in [5.74, 6) is -0.0871. The first-order valence-corrected chi connectivity index (χ1v) is 10.6. The first kappa shape index (κ1) is 18.7. The van der Waals surface area contributed by atoms with Gasteiger partial charge in [-0.3, -0.25) is 14.6 Å². The Morgan fingerprint density at radius 3 is 2.86 bits per heavy atom. The van der Waals surface area contributed by atoms with Crippen molar-refractivity contribution in [3.8, 4) is 0 Å². The summed E-state index contributed by atoms with van der Waals surface area (Å²) >= 11 is 3.07. The van der Waals surface area contributed by atoms with Crippen LogP contribution in [0.1, 0.15) is 15.2 Å². The van der Waals surface area contributed by atoms with Gasteiger partial charge in [-0.25, -0.2) is 4.79 Å². The average molecular weight is 415 g/mol. The van der Waals surface area contributed by atoms with E-state index in [1.54, 1.807) is 35.0 Å². The van der Waals surface area contributed by atoms with Crippen LogP contribution in [0.25, 0.3) is 0 Å². The SMILES string of the molecule is O=C(Cc1cccs1)NC1C(=O)N2C=C(COC(=O)c3ccncc3)CS[C@H]12. The van der Waals surface area contributed by atoms with Gasteiger partial charge in [0.15, 0.2) is 0 Å². The topological polar surface area (TPSA) is 88.6 Å². The fourth-order valence-electron chi connectivity index (χ4n) is 2.96. The fraction of sp³-hybridized carbons (Fsp3) is 0.263. The van der Waals surface area contributed by atoms with E-state index in [-0.39, 0.29) is 30.2 Å². The van der Waals surface area contributed by atoms with Crippen molar-refractivity contribution in [2.24, 2.45) is 0 Å². The standard InChI is InChI=1S/C19H17N3O4S2/c23-15(8-14-2-1-7-27-14)21-16-17(24)22-9-12(11-28-18(16)22)10-26-19(25)13-3-5-20-6-4-13/h1-7,9,16,18H,8,10-11H2,(H,21,23)/t16?,18-/m1/s1. The highest BCUT2D eigenvalue weighted by Crippen LogP contribution is 2.36. The van der Waals surface area contributed by atoms with Crippen molar-refractivity contribution >= 4 is 40.9 Å². The molecule has 1 N–H and O–H groups in total. The molecule has 1 fully saturated rings. The van der Waals surface area contributed by atoms with Crippen LogP contribution in [-0.4, -0.2) is 51.4 Å². The van der Waals surface area contributed by atoms with Gasteiger partial charge in [0.05, 0.1) is 12.0 Å². The molecule has 0 bridgehead atoms. The molecule has 2 amide bonds. The van der Waals surface area contributed by atoms with Crippen LogP contribution in [0, 0.1) is 0 Å². The largest absolute Gasteiger partial charge is 0.457 e. The van der Waals surface area contributed by atoms with E-state index in [2.05, 4.69) is 10.3 Å². The van der Waals surface area contributed by atoms with Gasteiger partial charge in [0, 0.05) is 29.2 Å². The summed E-state index contributed by atoms with van der Waals surface area (Å²) in [4.78, 5) is 43.0. The third-order valence-electron chi connectivity index (χ3n) is 4.38. The fourth-order valence-corrected chi connectivity index (χ4v) is 4.91. The molecular weight excluding hydrogens is 398 g/mol. The molecule has 1 saturated heterocycles. The molecule has 0 radical (unpaired) electrons. The van der Waals surface area contributed by atoms with Crippen LogP contribution in [0.4, 0.5) is 0 Å². The van der Waals surface area contributed by atoms with Crippen LogP contribution in [-0.2, 0) is 20.7 Å². The van der Waals surface area contributed by atoms with Gasteiger partial charge in [-0.05, 0) is 29.2 Å². The number of amides is 2. The number of thiophene rings is 1. The van der Waals surface area contributed by atoms with Crippen LogP contribution in [0.2, 0.25) is 0 Å². The number of thioether (sulfide) groups is 1. The number of β-lactam (4-membered cyclic amide) rings is 1. The number of carbonyl (C=O) groups excluding carboxylic acids is 3. The predicted octanol–water partition coefficient (Wildman–Crippen LogP) is 1.83. The van der Waals surface area contributed by atoms with Gasteiger partial charge in [0.1, 0.15) is 18.0 Å². The van der Waals surface area contributed by atoms with E-state index in [0.717, 1.165) is 10.5 Å². The predicted molar refractivity (Wildman–Crippen MR) is 106 cm³/mol. The van der Waals surface area contributed by atoms with E-state index in [9.17, 15) is 14.4 Å². The van der Waals surface area contributed by atoms with Crippen molar-refractivity contribution in [2.45, 2.75) is 17.8 Å². The number of hydrogen-bond donors (Lipinski definition) is 1. The second-order valence-corrected chi connectivity index (χ2v) is 8.49. The van der Waals surface area contributed by atoms with E-state index in [4.69, 9.17) is 4.74 Å². The maximum atomic E-state index is 12.4. The Balaban J connectivity index is 1.29. The quantitative estimate of drug-likeness (QED) is 0.572. The van der Waals surface area contributed by atoms with Gasteiger partial charge in [-0.2, -0.15) is 0 Å². The Morgan fingerprint density at radius 2 is 2.11 bits per heavy atom. The Labute approximate surface area is 169 Å². The molecule has 28 heavy (non-hydrogen) atoms.